The van der Waals surface area contributed by atoms with Crippen molar-refractivity contribution in [2.24, 2.45) is 5.92 Å². The first-order chi connectivity index (χ1) is 21.2. The van der Waals surface area contributed by atoms with Gasteiger partial charge in [0.2, 0.25) is 0 Å². The molecule has 2 aromatic heterocycles. The molecule has 0 aliphatic carbocycles. The molecule has 0 saturated carbocycles. The van der Waals surface area contributed by atoms with E-state index in [-0.39, 0.29) is 34.9 Å². The third-order valence-corrected chi connectivity index (χ3v) is 8.42. The standard InChI is InChI=1S/C32H34N8O4/c1-32(2,37(3)24-18-43-19-24)13-22(14-33)30(41)38-15-21(16-38)17-39-29-27(28(34)35-20-36-29)40(31(39)42)23-9-11-26(12-10-23)44-25-7-5-4-6-8-25/h4-13,20-21,24H,15-19H2,1-3H3,(H2,34,35,36). The number of nitrogens with zero attached hydrogens (tertiary/aromatic N) is 7. The van der Waals surface area contributed by atoms with Gasteiger partial charge in [0, 0.05) is 31.1 Å². The summed E-state index contributed by atoms with van der Waals surface area (Å²) in [5.74, 6) is 1.20. The number of fused-ring (bicyclic) bond motifs is 1. The maximum Gasteiger partial charge on any atom is 0.335 e. The summed E-state index contributed by atoms with van der Waals surface area (Å²) in [5, 5.41) is 9.81. The highest BCUT2D eigenvalue weighted by Gasteiger charge is 2.37. The van der Waals surface area contributed by atoms with E-state index >= 15 is 0 Å². The molecule has 226 valence electrons. The number of nitrogens with two attached hydrogens (primary N) is 1. The van der Waals surface area contributed by atoms with Crippen molar-refractivity contribution in [2.45, 2.75) is 32.0 Å². The zero-order valence-corrected chi connectivity index (χ0v) is 24.9. The molecule has 2 N–H and O–H groups in total. The molecular weight excluding hydrogens is 560 g/mol. The van der Waals surface area contributed by atoms with E-state index < -0.39 is 5.54 Å². The minimum Gasteiger partial charge on any atom is -0.457 e. The monoisotopic (exact) mass is 594 g/mol. The van der Waals surface area contributed by atoms with Crippen molar-refractivity contribution in [3.8, 4) is 23.3 Å². The van der Waals surface area contributed by atoms with E-state index in [1.807, 2.05) is 51.2 Å². The molecule has 12 nitrogen and oxygen atoms in total. The number of nitrogen functional groups attached to an aromatic ring is 1. The number of likely N-dealkylation sites (tertiary alicyclic amines) is 1. The molecule has 2 aliphatic heterocycles. The van der Waals surface area contributed by atoms with Crippen molar-refractivity contribution < 1.29 is 14.3 Å². The number of aromatic nitrogens is 4. The van der Waals surface area contributed by atoms with Crippen LogP contribution in [0, 0.1) is 17.2 Å². The van der Waals surface area contributed by atoms with Gasteiger partial charge in [-0.15, -0.1) is 0 Å². The number of hydrogen-bond acceptors (Lipinski definition) is 9. The number of imidazole rings is 1. The van der Waals surface area contributed by atoms with Gasteiger partial charge in [-0.2, -0.15) is 5.26 Å². The van der Waals surface area contributed by atoms with Gasteiger partial charge in [-0.1, -0.05) is 18.2 Å². The van der Waals surface area contributed by atoms with E-state index in [0.29, 0.717) is 61.2 Å². The van der Waals surface area contributed by atoms with Crippen LogP contribution in [0.2, 0.25) is 0 Å². The molecule has 2 aliphatic rings. The van der Waals surface area contributed by atoms with Crippen molar-refractivity contribution in [3.05, 3.63) is 83.1 Å². The lowest BCUT2D eigenvalue weighted by atomic mass is 9.94. The third-order valence-electron chi connectivity index (χ3n) is 8.42. The maximum absolute atomic E-state index is 13.8. The normalized spacial score (nSPS) is 16.1. The Hall–Kier alpha value is -4.99. The molecule has 2 fully saturated rings. The van der Waals surface area contributed by atoms with Gasteiger partial charge >= 0.3 is 5.69 Å². The van der Waals surface area contributed by atoms with Gasteiger partial charge < -0.3 is 20.1 Å². The van der Waals surface area contributed by atoms with Crippen molar-refractivity contribution in [1.29, 1.82) is 5.26 Å². The number of anilines is 1. The lowest BCUT2D eigenvalue weighted by molar-refractivity contribution is -0.133. The smallest absolute Gasteiger partial charge is 0.335 e. The Kier molecular flexibility index (Phi) is 7.67. The highest BCUT2D eigenvalue weighted by Crippen LogP contribution is 2.28. The zero-order valence-electron chi connectivity index (χ0n) is 24.9. The Morgan fingerprint density at radius 1 is 1.14 bits per heavy atom. The average molecular weight is 595 g/mol. The minimum atomic E-state index is -0.500. The second-order valence-corrected chi connectivity index (χ2v) is 11.8. The van der Waals surface area contributed by atoms with Crippen LogP contribution in [0.3, 0.4) is 0 Å². The molecule has 6 rings (SSSR count). The molecule has 0 atom stereocenters. The highest BCUT2D eigenvalue weighted by molar-refractivity contribution is 5.98. The van der Waals surface area contributed by atoms with Crippen LogP contribution in [-0.2, 0) is 16.1 Å². The first kappa shape index (κ1) is 29.1. The van der Waals surface area contributed by atoms with Crippen LogP contribution < -0.4 is 16.2 Å². The quantitative estimate of drug-likeness (QED) is 0.228. The third kappa shape index (κ3) is 5.43. The molecule has 0 unspecified atom stereocenters. The van der Waals surface area contributed by atoms with Crippen molar-refractivity contribution in [2.75, 3.05) is 39.1 Å². The summed E-state index contributed by atoms with van der Waals surface area (Å²) in [6.07, 6.45) is 3.07. The fraction of sp³-hybridized carbons (Fsp3) is 0.344. The fourth-order valence-corrected chi connectivity index (χ4v) is 5.59. The first-order valence-corrected chi connectivity index (χ1v) is 14.4. The summed E-state index contributed by atoms with van der Waals surface area (Å²) in [4.78, 5) is 39.3. The molecule has 0 spiro atoms. The number of likely N-dealkylation sites (N-methyl/N-ethyl adjacent to an activating group) is 1. The molecule has 4 heterocycles. The van der Waals surface area contributed by atoms with Crippen molar-refractivity contribution in [3.63, 3.8) is 0 Å². The number of carbonyl (C=O) groups excluding carboxylic acids is 1. The molecule has 0 radical (unpaired) electrons. The predicted molar refractivity (Wildman–Crippen MR) is 164 cm³/mol. The van der Waals surface area contributed by atoms with Crippen LogP contribution in [-0.4, -0.2) is 79.7 Å². The molecular formula is C32H34N8O4. The van der Waals surface area contributed by atoms with Crippen molar-refractivity contribution >= 4 is 22.9 Å². The minimum absolute atomic E-state index is 0.00344. The number of benzene rings is 2. The summed E-state index contributed by atoms with van der Waals surface area (Å²) >= 11 is 0. The zero-order chi connectivity index (χ0) is 31.0. The van der Waals surface area contributed by atoms with Crippen LogP contribution in [0.5, 0.6) is 11.5 Å². The van der Waals surface area contributed by atoms with E-state index in [9.17, 15) is 14.9 Å². The second kappa shape index (κ2) is 11.6. The van der Waals surface area contributed by atoms with Gasteiger partial charge in [-0.3, -0.25) is 18.8 Å². The lowest BCUT2D eigenvalue weighted by Crippen LogP contribution is -2.55. The number of para-hydroxylation sites is 1. The van der Waals surface area contributed by atoms with E-state index in [1.54, 1.807) is 39.8 Å². The topological polar surface area (TPSA) is 145 Å². The van der Waals surface area contributed by atoms with Crippen LogP contribution in [0.15, 0.2) is 77.4 Å². The van der Waals surface area contributed by atoms with Gasteiger partial charge in [0.1, 0.15) is 35.0 Å². The molecule has 0 bridgehead atoms. The molecule has 12 heteroatoms. The Labute approximate surface area is 254 Å². The van der Waals surface area contributed by atoms with E-state index in [0.717, 1.165) is 0 Å². The first-order valence-electron chi connectivity index (χ1n) is 14.4. The summed E-state index contributed by atoms with van der Waals surface area (Å²) in [6.45, 7) is 6.39. The number of ether oxygens (including phenoxy) is 2. The van der Waals surface area contributed by atoms with E-state index in [2.05, 4.69) is 20.9 Å². The average Bonchev–Trinajstić information content (AvgIpc) is 3.25. The SMILES string of the molecule is CN(C1COC1)C(C)(C)C=C(C#N)C(=O)N1CC(Cn2c(=O)n(-c3ccc(Oc4ccccc4)cc3)c3c(N)ncnc32)C1. The Balaban J connectivity index is 1.19. The summed E-state index contributed by atoms with van der Waals surface area (Å²) < 4.78 is 14.3. The lowest BCUT2D eigenvalue weighted by Gasteiger charge is -2.43. The Bertz CT molecular complexity index is 1810. The van der Waals surface area contributed by atoms with Gasteiger partial charge in [0.25, 0.3) is 5.91 Å². The molecule has 1 amide bonds. The van der Waals surface area contributed by atoms with Gasteiger partial charge in [0.05, 0.1) is 24.9 Å². The molecule has 4 aromatic rings. The number of amides is 1. The fourth-order valence-electron chi connectivity index (χ4n) is 5.59. The maximum atomic E-state index is 13.8. The van der Waals surface area contributed by atoms with E-state index in [1.165, 1.54) is 10.9 Å². The summed E-state index contributed by atoms with van der Waals surface area (Å²) in [7, 11) is 1.97. The molecule has 2 saturated heterocycles. The highest BCUT2D eigenvalue weighted by atomic mass is 16.5. The van der Waals surface area contributed by atoms with Gasteiger partial charge in [0.15, 0.2) is 11.5 Å². The van der Waals surface area contributed by atoms with Crippen LogP contribution in [0.4, 0.5) is 5.82 Å². The number of nitriles is 1. The number of hydrogen-bond donors (Lipinski definition) is 1. The van der Waals surface area contributed by atoms with Crippen LogP contribution in [0.25, 0.3) is 16.9 Å². The molecule has 2 aromatic carbocycles. The van der Waals surface area contributed by atoms with Crippen molar-refractivity contribution in [1.82, 2.24) is 28.9 Å². The van der Waals surface area contributed by atoms with Gasteiger partial charge in [-0.25, -0.2) is 14.8 Å². The predicted octanol–water partition coefficient (Wildman–Crippen LogP) is 2.97. The summed E-state index contributed by atoms with van der Waals surface area (Å²) in [5.41, 5.74) is 6.97. The van der Waals surface area contributed by atoms with Crippen LogP contribution in [0.1, 0.15) is 13.8 Å². The van der Waals surface area contributed by atoms with Gasteiger partial charge in [-0.05, 0) is 63.4 Å². The Morgan fingerprint density at radius 3 is 2.45 bits per heavy atom. The number of carbonyl (C=O) groups is 1. The summed E-state index contributed by atoms with van der Waals surface area (Å²) in [6, 6.07) is 18.9. The number of rotatable bonds is 9. The Morgan fingerprint density at radius 2 is 1.82 bits per heavy atom. The molecule has 44 heavy (non-hydrogen) atoms. The second-order valence-electron chi connectivity index (χ2n) is 11.8. The van der Waals surface area contributed by atoms with Crippen LogP contribution >= 0.6 is 0 Å². The van der Waals surface area contributed by atoms with E-state index in [4.69, 9.17) is 15.2 Å². The largest absolute Gasteiger partial charge is 0.457 e.